The van der Waals surface area contributed by atoms with E-state index in [1.807, 2.05) is 0 Å². The molecule has 102 valence electrons. The molecule has 0 spiro atoms. The maximum Gasteiger partial charge on any atom is 0.150 e. The van der Waals surface area contributed by atoms with E-state index in [9.17, 15) is 0 Å². The summed E-state index contributed by atoms with van der Waals surface area (Å²) in [7, 11) is 0. The summed E-state index contributed by atoms with van der Waals surface area (Å²) >= 11 is 0. The molecule has 2 rings (SSSR count). The van der Waals surface area contributed by atoms with Gasteiger partial charge in [-0.25, -0.2) is 9.66 Å². The Bertz CT molecular complexity index is 624. The maximum atomic E-state index is 6.11. The van der Waals surface area contributed by atoms with E-state index in [4.69, 9.17) is 11.6 Å². The van der Waals surface area contributed by atoms with Crippen LogP contribution >= 0.6 is 0 Å². The fourth-order valence-electron chi connectivity index (χ4n) is 2.28. The molecular weight excluding hydrogens is 236 g/mol. The molecule has 0 aliphatic carbocycles. The van der Waals surface area contributed by atoms with Gasteiger partial charge in [-0.2, -0.15) is 0 Å². The monoisotopic (exact) mass is 258 g/mol. The van der Waals surface area contributed by atoms with Gasteiger partial charge in [0.2, 0.25) is 0 Å². The third-order valence-corrected chi connectivity index (χ3v) is 3.59. The highest BCUT2D eigenvalue weighted by molar-refractivity contribution is 5.74. The summed E-state index contributed by atoms with van der Waals surface area (Å²) < 4.78 is 1.49. The molecule has 1 heterocycles. The number of nitrogen functional groups attached to an aromatic ring is 2. The van der Waals surface area contributed by atoms with Gasteiger partial charge in [0.15, 0.2) is 5.82 Å². The Balaban J connectivity index is 2.66. The molecule has 0 fully saturated rings. The quantitative estimate of drug-likeness (QED) is 0.814. The summed E-state index contributed by atoms with van der Waals surface area (Å²) in [6, 6.07) is 4.29. The summed E-state index contributed by atoms with van der Waals surface area (Å²) in [6.07, 6.45) is 0. The van der Waals surface area contributed by atoms with Crippen LogP contribution in [0.2, 0.25) is 0 Å². The Morgan fingerprint density at radius 2 is 1.63 bits per heavy atom. The van der Waals surface area contributed by atoms with Crippen LogP contribution < -0.4 is 11.6 Å². The van der Waals surface area contributed by atoms with Crippen molar-refractivity contribution in [2.24, 2.45) is 0 Å². The van der Waals surface area contributed by atoms with Crippen LogP contribution in [0.1, 0.15) is 42.3 Å². The number of hydrogen-bond acceptors (Lipinski definition) is 3. The van der Waals surface area contributed by atoms with Gasteiger partial charge in [0.25, 0.3) is 0 Å². The molecule has 4 heteroatoms. The third kappa shape index (κ3) is 2.18. The van der Waals surface area contributed by atoms with Crippen LogP contribution in [0.3, 0.4) is 0 Å². The molecule has 4 N–H and O–H groups in total. The number of benzene rings is 1. The largest absolute Gasteiger partial charge is 0.382 e. The fourth-order valence-corrected chi connectivity index (χ4v) is 2.28. The van der Waals surface area contributed by atoms with Crippen LogP contribution in [0.5, 0.6) is 0 Å². The average molecular weight is 258 g/mol. The molecule has 0 aliphatic heterocycles. The van der Waals surface area contributed by atoms with Gasteiger partial charge in [0, 0.05) is 11.5 Å². The van der Waals surface area contributed by atoms with E-state index < -0.39 is 0 Å². The lowest BCUT2D eigenvalue weighted by atomic mass is 9.99. The van der Waals surface area contributed by atoms with E-state index in [2.05, 4.69) is 51.7 Å². The molecule has 4 nitrogen and oxygen atoms in total. The Morgan fingerprint density at radius 1 is 1.05 bits per heavy atom. The van der Waals surface area contributed by atoms with Crippen molar-refractivity contribution in [3.63, 3.8) is 0 Å². The van der Waals surface area contributed by atoms with Gasteiger partial charge in [-0.1, -0.05) is 19.9 Å². The first-order valence-electron chi connectivity index (χ1n) is 6.54. The highest BCUT2D eigenvalue weighted by Crippen LogP contribution is 2.31. The maximum absolute atomic E-state index is 6.11. The minimum absolute atomic E-state index is 0.243. The highest BCUT2D eigenvalue weighted by atomic mass is 15.4. The molecule has 0 amide bonds. The Labute approximate surface area is 114 Å². The molecule has 0 bridgehead atoms. The molecule has 0 unspecified atom stereocenters. The lowest BCUT2D eigenvalue weighted by Gasteiger charge is -2.08. The van der Waals surface area contributed by atoms with Crippen molar-refractivity contribution in [2.45, 2.75) is 40.5 Å². The van der Waals surface area contributed by atoms with Gasteiger partial charge in [0.1, 0.15) is 11.5 Å². The zero-order valence-electron chi connectivity index (χ0n) is 12.3. The minimum Gasteiger partial charge on any atom is -0.382 e. The molecule has 0 atom stereocenters. The van der Waals surface area contributed by atoms with Crippen LogP contribution in [0.25, 0.3) is 11.3 Å². The van der Waals surface area contributed by atoms with Gasteiger partial charge in [-0.3, -0.25) is 0 Å². The smallest absolute Gasteiger partial charge is 0.150 e. The molecule has 2 aromatic rings. The van der Waals surface area contributed by atoms with E-state index in [0.717, 1.165) is 17.1 Å². The van der Waals surface area contributed by atoms with Gasteiger partial charge >= 0.3 is 0 Å². The van der Waals surface area contributed by atoms with Crippen molar-refractivity contribution < 1.29 is 0 Å². The summed E-state index contributed by atoms with van der Waals surface area (Å²) in [5.41, 5.74) is 11.6. The predicted octanol–water partition coefficient (Wildman–Crippen LogP) is 2.89. The van der Waals surface area contributed by atoms with Crippen molar-refractivity contribution in [2.75, 3.05) is 11.6 Å². The first-order chi connectivity index (χ1) is 8.82. The summed E-state index contributed by atoms with van der Waals surface area (Å²) in [5.74, 6) is 7.57. The number of aromatic nitrogens is 2. The van der Waals surface area contributed by atoms with Gasteiger partial charge in [-0.15, -0.1) is 0 Å². The van der Waals surface area contributed by atoms with Crippen LogP contribution in [0.4, 0.5) is 5.82 Å². The van der Waals surface area contributed by atoms with Crippen LogP contribution in [0.15, 0.2) is 12.1 Å². The van der Waals surface area contributed by atoms with Crippen molar-refractivity contribution in [3.05, 3.63) is 34.6 Å². The molecule has 0 saturated carbocycles. The van der Waals surface area contributed by atoms with Gasteiger partial charge in [-0.05, 0) is 43.5 Å². The van der Waals surface area contributed by atoms with Crippen LogP contribution in [0, 0.1) is 20.8 Å². The number of hydrogen-bond donors (Lipinski definition) is 2. The molecule has 0 aliphatic rings. The SMILES string of the molecule is Cc1cc(C)c(-c2nc(C(C)C)n(N)c2N)cc1C. The van der Waals surface area contributed by atoms with E-state index in [0.29, 0.717) is 5.82 Å². The molecule has 0 radical (unpaired) electrons. The summed E-state index contributed by atoms with van der Waals surface area (Å²) in [5, 5.41) is 0. The van der Waals surface area contributed by atoms with Gasteiger partial charge in [0.05, 0.1) is 0 Å². The number of imidazole rings is 1. The lowest BCUT2D eigenvalue weighted by molar-refractivity contribution is 0.739. The van der Waals surface area contributed by atoms with E-state index >= 15 is 0 Å². The lowest BCUT2D eigenvalue weighted by Crippen LogP contribution is -2.16. The first-order valence-corrected chi connectivity index (χ1v) is 6.54. The van der Waals surface area contributed by atoms with Crippen LogP contribution in [-0.4, -0.2) is 9.66 Å². The van der Waals surface area contributed by atoms with Gasteiger partial charge < -0.3 is 11.6 Å². The molecule has 1 aromatic carbocycles. The third-order valence-electron chi connectivity index (χ3n) is 3.59. The molecule has 19 heavy (non-hydrogen) atoms. The molecular formula is C15H22N4. The van der Waals surface area contributed by atoms with Crippen molar-refractivity contribution >= 4 is 5.82 Å². The van der Waals surface area contributed by atoms with Crippen molar-refractivity contribution in [1.29, 1.82) is 0 Å². The summed E-state index contributed by atoms with van der Waals surface area (Å²) in [6.45, 7) is 10.4. The first kappa shape index (κ1) is 13.5. The molecule has 0 saturated heterocycles. The van der Waals surface area contributed by atoms with E-state index in [1.54, 1.807) is 0 Å². The fraction of sp³-hybridized carbons (Fsp3) is 0.400. The average Bonchev–Trinajstić information content (AvgIpc) is 2.62. The number of aryl methyl sites for hydroxylation is 3. The Morgan fingerprint density at radius 3 is 2.16 bits per heavy atom. The highest BCUT2D eigenvalue weighted by Gasteiger charge is 2.18. The number of nitrogens with zero attached hydrogens (tertiary/aromatic N) is 2. The number of nitrogens with two attached hydrogens (primary N) is 2. The van der Waals surface area contributed by atoms with E-state index in [-0.39, 0.29) is 5.92 Å². The second-order valence-electron chi connectivity index (χ2n) is 5.48. The Hall–Kier alpha value is -1.97. The zero-order chi connectivity index (χ0) is 14.3. The summed E-state index contributed by atoms with van der Waals surface area (Å²) in [4.78, 5) is 4.62. The van der Waals surface area contributed by atoms with Crippen molar-refractivity contribution in [1.82, 2.24) is 9.66 Å². The molecule has 1 aromatic heterocycles. The number of rotatable bonds is 2. The van der Waals surface area contributed by atoms with Crippen molar-refractivity contribution in [3.8, 4) is 11.3 Å². The second kappa shape index (κ2) is 4.61. The zero-order valence-corrected chi connectivity index (χ0v) is 12.3. The number of anilines is 1. The van der Waals surface area contributed by atoms with Crippen LogP contribution in [-0.2, 0) is 0 Å². The predicted molar refractivity (Wildman–Crippen MR) is 80.5 cm³/mol. The Kier molecular flexibility index (Phi) is 3.27. The minimum atomic E-state index is 0.243. The second-order valence-corrected chi connectivity index (χ2v) is 5.48. The standard InChI is InChI=1S/C15H22N4/c1-8(2)15-18-13(14(16)19(15)17)12-7-10(4)9(3)6-11(12)5/h6-8H,16-17H2,1-5H3. The van der Waals surface area contributed by atoms with E-state index in [1.165, 1.54) is 21.4 Å². The normalized spacial score (nSPS) is 11.3. The topological polar surface area (TPSA) is 69.9 Å².